The van der Waals surface area contributed by atoms with Gasteiger partial charge in [0.2, 0.25) is 5.88 Å². The Balaban J connectivity index is 1.77. The number of benzene rings is 2. The zero-order valence-corrected chi connectivity index (χ0v) is 16.8. The van der Waals surface area contributed by atoms with Crippen LogP contribution in [-0.4, -0.2) is 38.1 Å². The molecule has 152 valence electrons. The molecule has 0 fully saturated rings. The van der Waals surface area contributed by atoms with Crippen LogP contribution in [0.5, 0.6) is 5.88 Å². The lowest BCUT2D eigenvalue weighted by atomic mass is 9.94. The van der Waals surface area contributed by atoms with Gasteiger partial charge in [-0.1, -0.05) is 35.9 Å². The van der Waals surface area contributed by atoms with Crippen molar-refractivity contribution in [2.75, 3.05) is 13.6 Å². The summed E-state index contributed by atoms with van der Waals surface area (Å²) in [5.74, 6) is -0.337. The molecule has 0 amide bonds. The summed E-state index contributed by atoms with van der Waals surface area (Å²) < 4.78 is 1.15. The van der Waals surface area contributed by atoms with Crippen LogP contribution in [-0.2, 0) is 6.42 Å². The van der Waals surface area contributed by atoms with E-state index in [2.05, 4.69) is 16.0 Å². The Bertz CT molecular complexity index is 1380. The fourth-order valence-corrected chi connectivity index (χ4v) is 4.44. The quantitative estimate of drug-likeness (QED) is 0.480. The highest BCUT2D eigenvalue weighted by Gasteiger charge is 2.34. The van der Waals surface area contributed by atoms with Crippen LogP contribution in [0.15, 0.2) is 58.1 Å². The number of aromatic hydroxyl groups is 1. The van der Waals surface area contributed by atoms with Gasteiger partial charge in [-0.05, 0) is 44.2 Å². The van der Waals surface area contributed by atoms with Crippen molar-refractivity contribution < 1.29 is 5.11 Å². The lowest BCUT2D eigenvalue weighted by Gasteiger charge is -2.33. The van der Waals surface area contributed by atoms with Crippen molar-refractivity contribution in [3.8, 4) is 11.6 Å². The molecule has 0 aliphatic carbocycles. The highest BCUT2D eigenvalue weighted by molar-refractivity contribution is 5.85. The van der Waals surface area contributed by atoms with Crippen LogP contribution in [0.1, 0.15) is 28.4 Å². The van der Waals surface area contributed by atoms with Crippen LogP contribution in [0.2, 0.25) is 0 Å². The summed E-state index contributed by atoms with van der Waals surface area (Å²) >= 11 is 0. The van der Waals surface area contributed by atoms with E-state index in [1.165, 1.54) is 0 Å². The Kier molecular flexibility index (Phi) is 4.15. The van der Waals surface area contributed by atoms with Gasteiger partial charge >= 0.3 is 5.69 Å². The van der Waals surface area contributed by atoms with Crippen LogP contribution in [0.25, 0.3) is 16.6 Å². The molecular weight excluding hydrogens is 380 g/mol. The van der Waals surface area contributed by atoms with Crippen LogP contribution in [0.3, 0.4) is 0 Å². The SMILES string of the molecule is Cc1ccc(-n2c(O)c(C3c4[nH]c5ccccc5c4CCN3C)c(=O)[nH]c2=O)cc1. The monoisotopic (exact) mass is 402 g/mol. The molecule has 1 atom stereocenters. The zero-order valence-electron chi connectivity index (χ0n) is 16.8. The molecule has 0 bridgehead atoms. The summed E-state index contributed by atoms with van der Waals surface area (Å²) in [7, 11) is 1.92. The number of aromatic amines is 2. The Morgan fingerprint density at radius 3 is 2.53 bits per heavy atom. The second-order valence-corrected chi connectivity index (χ2v) is 7.86. The van der Waals surface area contributed by atoms with Gasteiger partial charge in [0.05, 0.1) is 11.7 Å². The summed E-state index contributed by atoms with van der Waals surface area (Å²) in [5, 5.41) is 12.3. The van der Waals surface area contributed by atoms with E-state index in [0.29, 0.717) is 5.69 Å². The number of aryl methyl sites for hydroxylation is 1. The largest absolute Gasteiger partial charge is 0.494 e. The number of aromatic nitrogens is 3. The number of nitrogens with one attached hydrogen (secondary N) is 2. The van der Waals surface area contributed by atoms with Crippen molar-refractivity contribution in [2.45, 2.75) is 19.4 Å². The fourth-order valence-electron chi connectivity index (χ4n) is 4.44. The average molecular weight is 402 g/mol. The van der Waals surface area contributed by atoms with E-state index in [4.69, 9.17) is 0 Å². The normalized spacial score (nSPS) is 16.7. The van der Waals surface area contributed by atoms with Crippen molar-refractivity contribution >= 4 is 10.9 Å². The Morgan fingerprint density at radius 1 is 1.03 bits per heavy atom. The van der Waals surface area contributed by atoms with E-state index < -0.39 is 17.3 Å². The third-order valence-electron chi connectivity index (χ3n) is 5.96. The predicted molar refractivity (Wildman–Crippen MR) is 116 cm³/mol. The maximum atomic E-state index is 12.9. The fraction of sp³-hybridized carbons (Fsp3) is 0.217. The molecule has 3 heterocycles. The van der Waals surface area contributed by atoms with Gasteiger partial charge in [-0.2, -0.15) is 0 Å². The molecule has 3 N–H and O–H groups in total. The number of hydrogen-bond donors (Lipinski definition) is 3. The minimum Gasteiger partial charge on any atom is -0.494 e. The van der Waals surface area contributed by atoms with E-state index in [9.17, 15) is 14.7 Å². The second-order valence-electron chi connectivity index (χ2n) is 7.86. The minimum absolute atomic E-state index is 0.158. The topological polar surface area (TPSA) is 94.1 Å². The van der Waals surface area contributed by atoms with Gasteiger partial charge in [0.1, 0.15) is 5.56 Å². The van der Waals surface area contributed by atoms with E-state index in [1.807, 2.05) is 49.2 Å². The number of rotatable bonds is 2. The Morgan fingerprint density at radius 2 is 1.77 bits per heavy atom. The van der Waals surface area contributed by atoms with Crippen molar-refractivity contribution in [3.05, 3.63) is 91.8 Å². The maximum absolute atomic E-state index is 12.9. The molecule has 0 saturated carbocycles. The summed E-state index contributed by atoms with van der Waals surface area (Å²) in [6.07, 6.45) is 0.836. The number of fused-ring (bicyclic) bond motifs is 3. The summed E-state index contributed by atoms with van der Waals surface area (Å²) in [6.45, 7) is 2.67. The number of hydrogen-bond acceptors (Lipinski definition) is 4. The summed E-state index contributed by atoms with van der Waals surface area (Å²) in [6, 6.07) is 14.7. The standard InChI is InChI=1S/C23H22N4O3/c1-13-7-9-14(10-8-13)27-22(29)18(21(28)25-23(27)30)20-19-16(11-12-26(20)2)15-5-3-4-6-17(15)24-19/h3-10,20,24,29H,11-12H2,1-2H3,(H,25,28,30). The van der Waals surface area contributed by atoms with Crippen molar-refractivity contribution in [1.29, 1.82) is 0 Å². The zero-order chi connectivity index (χ0) is 21.0. The lowest BCUT2D eigenvalue weighted by Crippen LogP contribution is -2.39. The smallest absolute Gasteiger partial charge is 0.335 e. The molecule has 0 radical (unpaired) electrons. The number of likely N-dealkylation sites (N-methyl/N-ethyl adjacent to an activating group) is 1. The van der Waals surface area contributed by atoms with E-state index in [0.717, 1.165) is 45.3 Å². The third-order valence-corrected chi connectivity index (χ3v) is 5.96. The van der Waals surface area contributed by atoms with Gasteiger partial charge < -0.3 is 10.1 Å². The molecule has 7 heteroatoms. The van der Waals surface area contributed by atoms with Gasteiger partial charge in [0.15, 0.2) is 0 Å². The molecule has 5 rings (SSSR count). The first-order valence-electron chi connectivity index (χ1n) is 9.90. The summed E-state index contributed by atoms with van der Waals surface area (Å²) in [4.78, 5) is 33.3. The number of H-pyrrole nitrogens is 2. The first kappa shape index (κ1) is 18.4. The van der Waals surface area contributed by atoms with Crippen LogP contribution in [0.4, 0.5) is 0 Å². The second kappa shape index (κ2) is 6.74. The first-order valence-corrected chi connectivity index (χ1v) is 9.90. The van der Waals surface area contributed by atoms with Crippen LogP contribution in [0, 0.1) is 6.92 Å². The van der Waals surface area contributed by atoms with Gasteiger partial charge in [-0.3, -0.25) is 14.7 Å². The molecule has 2 aromatic carbocycles. The molecule has 1 aliphatic rings. The van der Waals surface area contributed by atoms with Gasteiger partial charge in [-0.15, -0.1) is 0 Å². The van der Waals surface area contributed by atoms with E-state index >= 15 is 0 Å². The molecule has 1 unspecified atom stereocenters. The molecular formula is C23H22N4O3. The molecule has 0 saturated heterocycles. The third kappa shape index (κ3) is 2.70. The Hall–Kier alpha value is -3.58. The van der Waals surface area contributed by atoms with Crippen LogP contribution >= 0.6 is 0 Å². The van der Waals surface area contributed by atoms with Crippen molar-refractivity contribution in [2.24, 2.45) is 0 Å². The highest BCUT2D eigenvalue weighted by atomic mass is 16.3. The molecule has 7 nitrogen and oxygen atoms in total. The lowest BCUT2D eigenvalue weighted by molar-refractivity contribution is 0.252. The van der Waals surface area contributed by atoms with Gasteiger partial charge in [0.25, 0.3) is 5.56 Å². The van der Waals surface area contributed by atoms with E-state index in [-0.39, 0.29) is 11.4 Å². The van der Waals surface area contributed by atoms with Crippen molar-refractivity contribution in [1.82, 2.24) is 19.4 Å². The van der Waals surface area contributed by atoms with E-state index in [1.54, 1.807) is 12.1 Å². The summed E-state index contributed by atoms with van der Waals surface area (Å²) in [5.41, 5.74) is 3.45. The molecule has 4 aromatic rings. The maximum Gasteiger partial charge on any atom is 0.335 e. The number of para-hydroxylation sites is 1. The average Bonchev–Trinajstić information content (AvgIpc) is 3.09. The molecule has 2 aromatic heterocycles. The van der Waals surface area contributed by atoms with Crippen LogP contribution < -0.4 is 11.2 Å². The molecule has 30 heavy (non-hydrogen) atoms. The first-order chi connectivity index (χ1) is 14.5. The highest BCUT2D eigenvalue weighted by Crippen LogP contribution is 2.38. The number of nitrogens with zero attached hydrogens (tertiary/aromatic N) is 2. The molecule has 0 spiro atoms. The van der Waals surface area contributed by atoms with Gasteiger partial charge in [-0.25, -0.2) is 9.36 Å². The van der Waals surface area contributed by atoms with Crippen molar-refractivity contribution in [3.63, 3.8) is 0 Å². The molecule has 1 aliphatic heterocycles. The predicted octanol–water partition coefficient (Wildman–Crippen LogP) is 2.60. The Labute approximate surface area is 172 Å². The van der Waals surface area contributed by atoms with Gasteiger partial charge in [0, 0.05) is 23.1 Å². The minimum atomic E-state index is -0.666.